The van der Waals surface area contributed by atoms with E-state index in [1.165, 1.54) is 32.4 Å². The minimum Gasteiger partial charge on any atom is -0.368 e. The molecule has 1 atom stereocenters. The van der Waals surface area contributed by atoms with Crippen molar-refractivity contribution in [3.8, 4) is 0 Å². The Morgan fingerprint density at radius 1 is 1.28 bits per heavy atom. The molecule has 3 heterocycles. The highest BCUT2D eigenvalue weighted by Crippen LogP contribution is 2.22. The summed E-state index contributed by atoms with van der Waals surface area (Å²) in [5.74, 6) is 1.50. The Kier molecular flexibility index (Phi) is 6.54. The number of likely N-dealkylation sites (tertiary alicyclic amines) is 2. The van der Waals surface area contributed by atoms with E-state index in [9.17, 15) is 4.79 Å². The van der Waals surface area contributed by atoms with E-state index in [0.717, 1.165) is 44.9 Å². The number of hydrogen-bond acceptors (Lipinski definition) is 4. The van der Waals surface area contributed by atoms with Crippen molar-refractivity contribution in [2.75, 3.05) is 44.6 Å². The maximum Gasteiger partial charge on any atom is 0.255 e. The van der Waals surface area contributed by atoms with Gasteiger partial charge in [0, 0.05) is 38.9 Å². The summed E-state index contributed by atoms with van der Waals surface area (Å²) >= 11 is 6.35. The van der Waals surface area contributed by atoms with Gasteiger partial charge in [0.2, 0.25) is 0 Å². The highest BCUT2D eigenvalue weighted by molar-refractivity contribution is 6.33. The first kappa shape index (κ1) is 18.5. The van der Waals surface area contributed by atoms with E-state index < -0.39 is 0 Å². The number of aromatic nitrogens is 1. The standard InChI is InChI=1S/C19H29ClN4O/c1-15-6-5-8-23(14-15)11-7-21-18-17(20)12-16(13-22-18)19(25)24-9-3-2-4-10-24/h12-13,15H,2-11,14H2,1H3,(H,21,22). The Morgan fingerprint density at radius 2 is 2.08 bits per heavy atom. The summed E-state index contributed by atoms with van der Waals surface area (Å²) in [5, 5.41) is 3.83. The molecule has 0 aromatic carbocycles. The predicted molar refractivity (Wildman–Crippen MR) is 102 cm³/mol. The third kappa shape index (κ3) is 5.08. The second-order valence-corrected chi connectivity index (χ2v) is 7.79. The van der Waals surface area contributed by atoms with Gasteiger partial charge in [0.25, 0.3) is 5.91 Å². The van der Waals surface area contributed by atoms with Crippen LogP contribution in [0, 0.1) is 5.92 Å². The normalized spacial score (nSPS) is 22.0. The number of carbonyl (C=O) groups excluding carboxylic acids is 1. The molecule has 1 unspecified atom stereocenters. The Bertz CT molecular complexity index is 589. The maximum absolute atomic E-state index is 12.5. The molecule has 2 aliphatic rings. The van der Waals surface area contributed by atoms with Crippen LogP contribution in [0.3, 0.4) is 0 Å². The van der Waals surface area contributed by atoms with E-state index in [4.69, 9.17) is 11.6 Å². The number of hydrogen-bond donors (Lipinski definition) is 1. The predicted octanol–water partition coefficient (Wildman–Crippen LogP) is 3.50. The zero-order valence-corrected chi connectivity index (χ0v) is 15.9. The smallest absolute Gasteiger partial charge is 0.255 e. The highest BCUT2D eigenvalue weighted by Gasteiger charge is 2.20. The fourth-order valence-corrected chi connectivity index (χ4v) is 4.02. The molecular formula is C19H29ClN4O. The second-order valence-electron chi connectivity index (χ2n) is 7.38. The third-order valence-electron chi connectivity index (χ3n) is 5.19. The topological polar surface area (TPSA) is 48.5 Å². The SMILES string of the molecule is CC1CCCN(CCNc2ncc(C(=O)N3CCCCC3)cc2Cl)C1. The number of carbonyl (C=O) groups is 1. The van der Waals surface area contributed by atoms with Crippen LogP contribution >= 0.6 is 11.6 Å². The first-order valence-electron chi connectivity index (χ1n) is 9.54. The van der Waals surface area contributed by atoms with E-state index in [0.29, 0.717) is 16.4 Å². The molecule has 25 heavy (non-hydrogen) atoms. The van der Waals surface area contributed by atoms with Crippen molar-refractivity contribution in [2.45, 2.75) is 39.0 Å². The summed E-state index contributed by atoms with van der Waals surface area (Å²) in [6.07, 6.45) is 7.65. The highest BCUT2D eigenvalue weighted by atomic mass is 35.5. The fourth-order valence-electron chi connectivity index (χ4n) is 3.79. The molecule has 1 aromatic heterocycles. The summed E-state index contributed by atoms with van der Waals surface area (Å²) < 4.78 is 0. The maximum atomic E-state index is 12.5. The summed E-state index contributed by atoms with van der Waals surface area (Å²) in [7, 11) is 0. The summed E-state index contributed by atoms with van der Waals surface area (Å²) in [4.78, 5) is 21.3. The molecule has 1 aromatic rings. The van der Waals surface area contributed by atoms with Crippen LogP contribution in [0.25, 0.3) is 0 Å². The third-order valence-corrected chi connectivity index (χ3v) is 5.48. The molecule has 1 amide bonds. The number of nitrogens with zero attached hydrogens (tertiary/aromatic N) is 3. The lowest BCUT2D eigenvalue weighted by Crippen LogP contribution is -2.37. The first-order chi connectivity index (χ1) is 12.1. The number of piperidine rings is 2. The van der Waals surface area contributed by atoms with Crippen LogP contribution in [-0.4, -0.2) is 60.0 Å². The number of nitrogens with one attached hydrogen (secondary N) is 1. The molecule has 5 nitrogen and oxygen atoms in total. The minimum absolute atomic E-state index is 0.0444. The van der Waals surface area contributed by atoms with Crippen molar-refractivity contribution in [1.29, 1.82) is 0 Å². The number of amides is 1. The lowest BCUT2D eigenvalue weighted by Gasteiger charge is -2.30. The van der Waals surface area contributed by atoms with Gasteiger partial charge in [-0.2, -0.15) is 0 Å². The van der Waals surface area contributed by atoms with Crippen LogP contribution < -0.4 is 5.32 Å². The van der Waals surface area contributed by atoms with Gasteiger partial charge < -0.3 is 15.1 Å². The Hall–Kier alpha value is -1.33. The Morgan fingerprint density at radius 3 is 2.80 bits per heavy atom. The molecule has 2 saturated heterocycles. The van der Waals surface area contributed by atoms with Crippen molar-refractivity contribution in [2.24, 2.45) is 5.92 Å². The number of pyridine rings is 1. The molecule has 138 valence electrons. The Balaban J connectivity index is 1.52. The quantitative estimate of drug-likeness (QED) is 0.868. The van der Waals surface area contributed by atoms with Gasteiger partial charge in [-0.15, -0.1) is 0 Å². The molecule has 0 bridgehead atoms. The molecule has 2 fully saturated rings. The molecular weight excluding hydrogens is 336 g/mol. The van der Waals surface area contributed by atoms with E-state index in [1.807, 2.05) is 4.90 Å². The van der Waals surface area contributed by atoms with Crippen LogP contribution in [0.2, 0.25) is 5.02 Å². The van der Waals surface area contributed by atoms with Gasteiger partial charge in [0.05, 0.1) is 10.6 Å². The number of halogens is 1. The summed E-state index contributed by atoms with van der Waals surface area (Å²) in [6.45, 7) is 8.16. The zero-order valence-electron chi connectivity index (χ0n) is 15.1. The zero-order chi connectivity index (χ0) is 17.6. The average Bonchev–Trinajstić information content (AvgIpc) is 2.63. The van der Waals surface area contributed by atoms with Crippen LogP contribution in [0.4, 0.5) is 5.82 Å². The Labute approximate surface area is 155 Å². The van der Waals surface area contributed by atoms with E-state index in [-0.39, 0.29) is 5.91 Å². The van der Waals surface area contributed by atoms with Gasteiger partial charge in [-0.3, -0.25) is 4.79 Å². The van der Waals surface area contributed by atoms with Crippen molar-refractivity contribution in [1.82, 2.24) is 14.8 Å². The average molecular weight is 365 g/mol. The lowest BCUT2D eigenvalue weighted by atomic mass is 10.0. The second kappa shape index (κ2) is 8.86. The first-order valence-corrected chi connectivity index (χ1v) is 9.92. The van der Waals surface area contributed by atoms with Gasteiger partial charge in [-0.25, -0.2) is 4.98 Å². The minimum atomic E-state index is 0.0444. The van der Waals surface area contributed by atoms with Gasteiger partial charge in [0.1, 0.15) is 5.82 Å². The van der Waals surface area contributed by atoms with Crippen molar-refractivity contribution >= 4 is 23.3 Å². The lowest BCUT2D eigenvalue weighted by molar-refractivity contribution is 0.0724. The number of anilines is 1. The summed E-state index contributed by atoms with van der Waals surface area (Å²) in [6, 6.07) is 1.75. The van der Waals surface area contributed by atoms with E-state index in [2.05, 4.69) is 22.1 Å². The molecule has 0 radical (unpaired) electrons. The van der Waals surface area contributed by atoms with Crippen LogP contribution in [0.15, 0.2) is 12.3 Å². The van der Waals surface area contributed by atoms with E-state index >= 15 is 0 Å². The summed E-state index contributed by atoms with van der Waals surface area (Å²) in [5.41, 5.74) is 0.585. The van der Waals surface area contributed by atoms with Crippen molar-refractivity contribution in [3.63, 3.8) is 0 Å². The van der Waals surface area contributed by atoms with Crippen molar-refractivity contribution < 1.29 is 4.79 Å². The molecule has 2 aliphatic heterocycles. The molecule has 1 N–H and O–H groups in total. The van der Waals surface area contributed by atoms with Gasteiger partial charge >= 0.3 is 0 Å². The van der Waals surface area contributed by atoms with Gasteiger partial charge in [-0.05, 0) is 50.6 Å². The molecule has 0 aliphatic carbocycles. The van der Waals surface area contributed by atoms with Gasteiger partial charge in [-0.1, -0.05) is 18.5 Å². The van der Waals surface area contributed by atoms with Crippen LogP contribution in [-0.2, 0) is 0 Å². The van der Waals surface area contributed by atoms with E-state index in [1.54, 1.807) is 12.3 Å². The molecule has 0 saturated carbocycles. The van der Waals surface area contributed by atoms with Gasteiger partial charge in [0.15, 0.2) is 0 Å². The largest absolute Gasteiger partial charge is 0.368 e. The monoisotopic (exact) mass is 364 g/mol. The number of rotatable bonds is 5. The van der Waals surface area contributed by atoms with Crippen LogP contribution in [0.1, 0.15) is 49.4 Å². The fraction of sp³-hybridized carbons (Fsp3) is 0.684. The van der Waals surface area contributed by atoms with Crippen LogP contribution in [0.5, 0.6) is 0 Å². The molecule has 6 heteroatoms. The molecule has 0 spiro atoms. The molecule has 3 rings (SSSR count). The van der Waals surface area contributed by atoms with Crippen molar-refractivity contribution in [3.05, 3.63) is 22.8 Å².